The van der Waals surface area contributed by atoms with Crippen LogP contribution in [0.5, 0.6) is 5.75 Å². The van der Waals surface area contributed by atoms with E-state index in [1.54, 1.807) is 13.0 Å². The summed E-state index contributed by atoms with van der Waals surface area (Å²) in [6.07, 6.45) is 7.74. The third kappa shape index (κ3) is 15.5. The lowest BCUT2D eigenvalue weighted by Gasteiger charge is -2.06. The monoisotopic (exact) mass is 458 g/mol. The van der Waals surface area contributed by atoms with Gasteiger partial charge in [-0.15, -0.1) is 6.42 Å². The van der Waals surface area contributed by atoms with Crippen LogP contribution in [0.25, 0.3) is 0 Å². The first-order chi connectivity index (χ1) is 17.7. The predicted molar refractivity (Wildman–Crippen MR) is 138 cm³/mol. The minimum atomic E-state index is -0.264. The minimum Gasteiger partial charge on any atom is -0.461 e. The van der Waals surface area contributed by atoms with Crippen LogP contribution in [0.3, 0.4) is 0 Å². The van der Waals surface area contributed by atoms with Crippen molar-refractivity contribution in [2.45, 2.75) is 26.9 Å². The summed E-state index contributed by atoms with van der Waals surface area (Å²) in [5.74, 6) is 49.6. The van der Waals surface area contributed by atoms with Gasteiger partial charge in [0, 0.05) is 77.5 Å². The van der Waals surface area contributed by atoms with Crippen LogP contribution in [0.2, 0.25) is 0 Å². The highest BCUT2D eigenvalue weighted by Gasteiger charge is 2.03. The van der Waals surface area contributed by atoms with Gasteiger partial charge in [-0.05, 0) is 77.5 Å². The Morgan fingerprint density at radius 3 is 1.58 bits per heavy atom. The number of carbonyl (C=O) groups is 1. The molecule has 0 aliphatic heterocycles. The SMILES string of the molecule is C#CC#CC#CC#CC#CC#CC#CC#CC#CC#CC#COc1cc(C)cc(COC(=O)CC)c1. The van der Waals surface area contributed by atoms with E-state index in [0.717, 1.165) is 11.1 Å². The van der Waals surface area contributed by atoms with E-state index in [2.05, 4.69) is 125 Å². The van der Waals surface area contributed by atoms with E-state index in [1.807, 2.05) is 19.1 Å². The lowest BCUT2D eigenvalue weighted by atomic mass is 10.1. The molecule has 3 nitrogen and oxygen atoms in total. The average Bonchev–Trinajstić information content (AvgIpc) is 2.88. The van der Waals surface area contributed by atoms with E-state index in [9.17, 15) is 4.79 Å². The summed E-state index contributed by atoms with van der Waals surface area (Å²) in [4.78, 5) is 11.3. The fourth-order valence-electron chi connectivity index (χ4n) is 1.91. The van der Waals surface area contributed by atoms with Gasteiger partial charge in [0.1, 0.15) is 18.5 Å². The van der Waals surface area contributed by atoms with Gasteiger partial charge in [-0.1, -0.05) is 13.0 Å². The Balaban J connectivity index is 2.51. The van der Waals surface area contributed by atoms with Crippen molar-refractivity contribution in [3.63, 3.8) is 0 Å². The normalized spacial score (nSPS) is 6.36. The number of terminal acetylenes is 1. The molecule has 0 saturated heterocycles. The summed E-state index contributed by atoms with van der Waals surface area (Å²) in [5.41, 5.74) is 1.76. The van der Waals surface area contributed by atoms with Gasteiger partial charge >= 0.3 is 5.97 Å². The summed E-state index contributed by atoms with van der Waals surface area (Å²) < 4.78 is 10.5. The van der Waals surface area contributed by atoms with Gasteiger partial charge in [0.2, 0.25) is 0 Å². The van der Waals surface area contributed by atoms with Crippen LogP contribution in [0.15, 0.2) is 18.2 Å². The van der Waals surface area contributed by atoms with Crippen LogP contribution in [-0.2, 0) is 16.1 Å². The van der Waals surface area contributed by atoms with E-state index in [1.165, 1.54) is 0 Å². The standard InChI is InChI=1S/C33H14O3/c1-4-6-7-8-9-10-11-12-13-14-15-16-17-18-19-20-21-22-23-24-25-35-32-27-30(3)26-31(28-32)29-36-33(34)5-2/h1,26-28H,5,29H2,2-3H3. The molecule has 164 valence electrons. The number of hydrogen-bond donors (Lipinski definition) is 0. The molecule has 1 rings (SSSR count). The Kier molecular flexibility index (Phi) is 14.9. The maximum Gasteiger partial charge on any atom is 0.305 e. The number of rotatable bonds is 4. The molecule has 0 saturated carbocycles. The molecule has 1 aromatic rings. The van der Waals surface area contributed by atoms with Crippen LogP contribution in [0, 0.1) is 138 Å². The van der Waals surface area contributed by atoms with Crippen molar-refractivity contribution in [1.82, 2.24) is 0 Å². The first-order valence-electron chi connectivity index (χ1n) is 10.0. The average molecular weight is 458 g/mol. The largest absolute Gasteiger partial charge is 0.461 e. The molecule has 0 aliphatic carbocycles. The zero-order valence-corrected chi connectivity index (χ0v) is 19.4. The van der Waals surface area contributed by atoms with E-state index in [4.69, 9.17) is 15.9 Å². The molecule has 0 radical (unpaired) electrons. The molecule has 0 N–H and O–H groups in total. The van der Waals surface area contributed by atoms with Gasteiger partial charge in [-0.3, -0.25) is 4.79 Å². The number of hydrogen-bond acceptors (Lipinski definition) is 3. The van der Waals surface area contributed by atoms with Crippen molar-refractivity contribution in [3.05, 3.63) is 29.3 Å². The number of esters is 1. The second-order valence-electron chi connectivity index (χ2n) is 5.89. The van der Waals surface area contributed by atoms with E-state index in [0.29, 0.717) is 12.2 Å². The first-order valence-corrected chi connectivity index (χ1v) is 10.0. The van der Waals surface area contributed by atoms with Crippen LogP contribution >= 0.6 is 0 Å². The lowest BCUT2D eigenvalue weighted by molar-refractivity contribution is -0.144. The highest BCUT2D eigenvalue weighted by atomic mass is 16.5. The smallest absolute Gasteiger partial charge is 0.305 e. The molecule has 0 bridgehead atoms. The summed E-state index contributed by atoms with van der Waals surface area (Å²) in [5, 5.41) is 0. The summed E-state index contributed by atoms with van der Waals surface area (Å²) in [6.45, 7) is 3.82. The van der Waals surface area contributed by atoms with Crippen molar-refractivity contribution in [3.8, 4) is 137 Å². The minimum absolute atomic E-state index is 0.177. The van der Waals surface area contributed by atoms with Crippen molar-refractivity contribution in [2.75, 3.05) is 0 Å². The van der Waals surface area contributed by atoms with Crippen molar-refractivity contribution >= 4 is 5.97 Å². The second-order valence-corrected chi connectivity index (χ2v) is 5.89. The van der Waals surface area contributed by atoms with Crippen LogP contribution in [0.1, 0.15) is 24.5 Å². The molecule has 1 aromatic carbocycles. The highest BCUT2D eigenvalue weighted by molar-refractivity contribution is 5.68. The van der Waals surface area contributed by atoms with Gasteiger partial charge < -0.3 is 9.47 Å². The fraction of sp³-hybridized carbons (Fsp3) is 0.121. The van der Waals surface area contributed by atoms with Crippen LogP contribution in [0.4, 0.5) is 0 Å². The van der Waals surface area contributed by atoms with Crippen molar-refractivity contribution in [2.24, 2.45) is 0 Å². The lowest BCUT2D eigenvalue weighted by Crippen LogP contribution is -2.02. The first kappa shape index (κ1) is 27.7. The number of carbonyl (C=O) groups excluding carboxylic acids is 1. The topological polar surface area (TPSA) is 35.5 Å². The van der Waals surface area contributed by atoms with E-state index in [-0.39, 0.29) is 12.6 Å². The summed E-state index contributed by atoms with van der Waals surface area (Å²) in [6, 6.07) is 5.46. The van der Waals surface area contributed by atoms with Gasteiger partial charge in [-0.2, -0.15) is 0 Å². The molecule has 0 atom stereocenters. The third-order valence-corrected chi connectivity index (χ3v) is 3.22. The molecule has 0 spiro atoms. The number of ether oxygens (including phenoxy) is 2. The number of aryl methyl sites for hydroxylation is 1. The highest BCUT2D eigenvalue weighted by Crippen LogP contribution is 2.17. The molecular formula is C33H14O3. The van der Waals surface area contributed by atoms with Crippen LogP contribution in [-0.4, -0.2) is 5.97 Å². The molecule has 0 fully saturated rings. The summed E-state index contributed by atoms with van der Waals surface area (Å²) >= 11 is 0. The number of benzene rings is 1. The molecule has 0 aliphatic rings. The Morgan fingerprint density at radius 1 is 0.694 bits per heavy atom. The van der Waals surface area contributed by atoms with Gasteiger partial charge in [0.15, 0.2) is 0 Å². The summed E-state index contributed by atoms with van der Waals surface area (Å²) in [7, 11) is 0. The van der Waals surface area contributed by atoms with Gasteiger partial charge in [-0.25, -0.2) is 0 Å². The predicted octanol–water partition coefficient (Wildman–Crippen LogP) is 2.45. The Hall–Kier alpha value is -6.35. The molecule has 3 heteroatoms. The van der Waals surface area contributed by atoms with Crippen molar-refractivity contribution < 1.29 is 14.3 Å². The molecule has 0 heterocycles. The maximum absolute atomic E-state index is 11.3. The van der Waals surface area contributed by atoms with E-state index < -0.39 is 0 Å². The molecule has 0 unspecified atom stereocenters. The molecular weight excluding hydrogens is 444 g/mol. The zero-order chi connectivity index (χ0) is 26.1. The van der Waals surface area contributed by atoms with Crippen molar-refractivity contribution in [1.29, 1.82) is 0 Å². The molecule has 0 aromatic heterocycles. The van der Waals surface area contributed by atoms with Crippen LogP contribution < -0.4 is 4.74 Å². The van der Waals surface area contributed by atoms with Gasteiger partial charge in [0.25, 0.3) is 0 Å². The second kappa shape index (κ2) is 19.3. The zero-order valence-electron chi connectivity index (χ0n) is 19.4. The maximum atomic E-state index is 11.3. The van der Waals surface area contributed by atoms with E-state index >= 15 is 0 Å². The Bertz CT molecular complexity index is 1680. The molecule has 0 amide bonds. The fourth-order valence-corrected chi connectivity index (χ4v) is 1.91. The molecule has 36 heavy (non-hydrogen) atoms. The Morgan fingerprint density at radius 2 is 1.14 bits per heavy atom. The quantitative estimate of drug-likeness (QED) is 0.514. The third-order valence-electron chi connectivity index (χ3n) is 3.22. The Labute approximate surface area is 213 Å². The van der Waals surface area contributed by atoms with Gasteiger partial charge in [0.05, 0.1) is 0 Å².